The minimum atomic E-state index is -0.309. The Morgan fingerprint density at radius 3 is 2.88 bits per heavy atom. The Morgan fingerprint density at radius 1 is 1.69 bits per heavy atom. The number of carbonyl (C=O) groups is 1. The smallest absolute Gasteiger partial charge is 0.253 e. The highest BCUT2D eigenvalue weighted by molar-refractivity contribution is 6.41. The third-order valence-electron chi connectivity index (χ3n) is 1.97. The van der Waals surface area contributed by atoms with Crippen LogP contribution < -0.4 is 5.32 Å². The normalized spacial score (nSPS) is 11.6. The maximum atomic E-state index is 11.7. The summed E-state index contributed by atoms with van der Waals surface area (Å²) < 4.78 is 0. The van der Waals surface area contributed by atoms with E-state index >= 15 is 0 Å². The fourth-order valence-electron chi connectivity index (χ4n) is 1.05. The first kappa shape index (κ1) is 12.8. The van der Waals surface area contributed by atoms with Crippen LogP contribution in [0.2, 0.25) is 10.2 Å². The van der Waals surface area contributed by atoms with E-state index in [1.165, 1.54) is 12.3 Å². The minimum Gasteiger partial charge on any atom is -0.338 e. The van der Waals surface area contributed by atoms with Crippen LogP contribution in [0.3, 0.4) is 0 Å². The molecule has 1 aromatic rings. The lowest BCUT2D eigenvalue weighted by molar-refractivity contribution is 0.0944. The molecule has 16 heavy (non-hydrogen) atoms. The first-order valence-corrected chi connectivity index (χ1v) is 5.42. The SMILES string of the molecule is C#CC(CC)NC(=O)c1cnc(Cl)c(Cl)c1. The fourth-order valence-corrected chi connectivity index (χ4v) is 1.32. The number of pyridine rings is 1. The third-order valence-corrected chi connectivity index (χ3v) is 2.66. The van der Waals surface area contributed by atoms with Crippen LogP contribution in [-0.4, -0.2) is 16.9 Å². The molecular formula is C11H10Cl2N2O. The zero-order valence-electron chi connectivity index (χ0n) is 8.63. The van der Waals surface area contributed by atoms with Gasteiger partial charge in [-0.3, -0.25) is 4.79 Å². The molecule has 0 aliphatic heterocycles. The Balaban J connectivity index is 2.81. The van der Waals surface area contributed by atoms with Gasteiger partial charge in [0.2, 0.25) is 0 Å². The van der Waals surface area contributed by atoms with E-state index in [-0.39, 0.29) is 22.1 Å². The standard InChI is InChI=1S/C11H10Cl2N2O/c1-3-8(4-2)15-11(16)7-5-9(12)10(13)14-6-7/h1,5-6,8H,4H2,2H3,(H,15,16). The van der Waals surface area contributed by atoms with Gasteiger partial charge in [0.25, 0.3) is 5.91 Å². The number of terminal acetylenes is 1. The third kappa shape index (κ3) is 3.13. The Hall–Kier alpha value is -1.24. The lowest BCUT2D eigenvalue weighted by atomic mass is 10.2. The van der Waals surface area contributed by atoms with Crippen LogP contribution in [0.1, 0.15) is 23.7 Å². The average molecular weight is 257 g/mol. The molecule has 1 N–H and O–H groups in total. The van der Waals surface area contributed by atoms with Gasteiger partial charge in [-0.2, -0.15) is 0 Å². The van der Waals surface area contributed by atoms with E-state index < -0.39 is 0 Å². The molecule has 0 aliphatic carbocycles. The quantitative estimate of drug-likeness (QED) is 0.667. The zero-order chi connectivity index (χ0) is 12.1. The zero-order valence-corrected chi connectivity index (χ0v) is 10.1. The highest BCUT2D eigenvalue weighted by Crippen LogP contribution is 2.19. The first-order valence-electron chi connectivity index (χ1n) is 4.66. The first-order chi connectivity index (χ1) is 7.58. The highest BCUT2D eigenvalue weighted by Gasteiger charge is 2.11. The van der Waals surface area contributed by atoms with E-state index in [0.717, 1.165) is 0 Å². The highest BCUT2D eigenvalue weighted by atomic mass is 35.5. The number of nitrogens with zero attached hydrogens (tertiary/aromatic N) is 1. The van der Waals surface area contributed by atoms with Crippen LogP contribution >= 0.6 is 23.2 Å². The molecule has 1 atom stereocenters. The van der Waals surface area contributed by atoms with E-state index in [1.54, 1.807) is 0 Å². The van der Waals surface area contributed by atoms with Gasteiger partial charge in [0.15, 0.2) is 0 Å². The molecule has 0 radical (unpaired) electrons. The van der Waals surface area contributed by atoms with Crippen LogP contribution in [0.15, 0.2) is 12.3 Å². The van der Waals surface area contributed by atoms with Crippen molar-refractivity contribution >= 4 is 29.1 Å². The van der Waals surface area contributed by atoms with E-state index in [9.17, 15) is 4.79 Å². The van der Waals surface area contributed by atoms with Crippen molar-refractivity contribution in [1.29, 1.82) is 0 Å². The average Bonchev–Trinajstić information content (AvgIpc) is 2.29. The van der Waals surface area contributed by atoms with Gasteiger partial charge in [0.1, 0.15) is 5.15 Å². The maximum absolute atomic E-state index is 11.7. The molecule has 0 saturated heterocycles. The number of aromatic nitrogens is 1. The molecule has 0 aromatic carbocycles. The molecule has 1 unspecified atom stereocenters. The number of rotatable bonds is 3. The summed E-state index contributed by atoms with van der Waals surface area (Å²) in [5.74, 6) is 2.16. The summed E-state index contributed by atoms with van der Waals surface area (Å²) in [5.41, 5.74) is 0.336. The van der Waals surface area contributed by atoms with E-state index in [2.05, 4.69) is 16.2 Å². The number of amides is 1. The van der Waals surface area contributed by atoms with Crippen LogP contribution in [-0.2, 0) is 0 Å². The van der Waals surface area contributed by atoms with Crippen LogP contribution in [0.5, 0.6) is 0 Å². The summed E-state index contributed by atoms with van der Waals surface area (Å²) in [6.07, 6.45) is 7.25. The van der Waals surface area contributed by atoms with Gasteiger partial charge in [0, 0.05) is 6.20 Å². The molecule has 0 aliphatic rings. The Labute approximate surface area is 104 Å². The van der Waals surface area contributed by atoms with Crippen molar-refractivity contribution in [3.8, 4) is 12.3 Å². The molecule has 0 bridgehead atoms. The number of halogens is 2. The van der Waals surface area contributed by atoms with Crippen molar-refractivity contribution in [3.63, 3.8) is 0 Å². The molecule has 0 fully saturated rings. The second-order valence-electron chi connectivity index (χ2n) is 3.10. The molecule has 3 nitrogen and oxygen atoms in total. The van der Waals surface area contributed by atoms with Crippen molar-refractivity contribution < 1.29 is 4.79 Å². The second-order valence-corrected chi connectivity index (χ2v) is 3.86. The molecule has 5 heteroatoms. The van der Waals surface area contributed by atoms with Crippen LogP contribution in [0.25, 0.3) is 0 Å². The molecule has 0 saturated carbocycles. The van der Waals surface area contributed by atoms with Gasteiger partial charge in [-0.15, -0.1) is 6.42 Å². The molecule has 1 amide bonds. The predicted octanol–water partition coefficient (Wildman–Crippen LogP) is 2.53. The Bertz CT molecular complexity index is 440. The van der Waals surface area contributed by atoms with E-state index in [4.69, 9.17) is 29.6 Å². The van der Waals surface area contributed by atoms with Gasteiger partial charge >= 0.3 is 0 Å². The second kappa shape index (κ2) is 5.74. The molecule has 1 aromatic heterocycles. The van der Waals surface area contributed by atoms with Gasteiger partial charge in [-0.05, 0) is 12.5 Å². The van der Waals surface area contributed by atoms with Crippen LogP contribution in [0.4, 0.5) is 0 Å². The largest absolute Gasteiger partial charge is 0.338 e. The molecular weight excluding hydrogens is 247 g/mol. The van der Waals surface area contributed by atoms with Crippen molar-refractivity contribution in [1.82, 2.24) is 10.3 Å². The lowest BCUT2D eigenvalue weighted by Crippen LogP contribution is -2.33. The summed E-state index contributed by atoms with van der Waals surface area (Å²) in [4.78, 5) is 15.5. The summed E-state index contributed by atoms with van der Waals surface area (Å²) in [5, 5.41) is 3.07. The Morgan fingerprint density at radius 2 is 2.38 bits per heavy atom. The van der Waals surface area contributed by atoms with Crippen molar-refractivity contribution in [2.24, 2.45) is 0 Å². The van der Waals surface area contributed by atoms with E-state index in [1.807, 2.05) is 6.92 Å². The monoisotopic (exact) mass is 256 g/mol. The molecule has 1 rings (SSSR count). The number of hydrogen-bond acceptors (Lipinski definition) is 2. The van der Waals surface area contributed by atoms with Crippen molar-refractivity contribution in [3.05, 3.63) is 28.0 Å². The topological polar surface area (TPSA) is 42.0 Å². The maximum Gasteiger partial charge on any atom is 0.253 e. The van der Waals surface area contributed by atoms with Crippen molar-refractivity contribution in [2.45, 2.75) is 19.4 Å². The number of carbonyl (C=O) groups excluding carboxylic acids is 1. The number of hydrogen-bond donors (Lipinski definition) is 1. The molecule has 1 heterocycles. The summed E-state index contributed by atoms with van der Waals surface area (Å²) in [7, 11) is 0. The molecule has 84 valence electrons. The van der Waals surface area contributed by atoms with E-state index in [0.29, 0.717) is 12.0 Å². The van der Waals surface area contributed by atoms with Crippen molar-refractivity contribution in [2.75, 3.05) is 0 Å². The number of nitrogens with one attached hydrogen (secondary N) is 1. The minimum absolute atomic E-state index is 0.169. The summed E-state index contributed by atoms with van der Waals surface area (Å²) in [6.45, 7) is 1.89. The van der Waals surface area contributed by atoms with Gasteiger partial charge in [-0.25, -0.2) is 4.98 Å². The predicted molar refractivity (Wildman–Crippen MR) is 64.6 cm³/mol. The van der Waals surface area contributed by atoms with Gasteiger partial charge < -0.3 is 5.32 Å². The lowest BCUT2D eigenvalue weighted by Gasteiger charge is -2.10. The summed E-state index contributed by atoms with van der Waals surface area (Å²) >= 11 is 11.4. The fraction of sp³-hybridized carbons (Fsp3) is 0.273. The van der Waals surface area contributed by atoms with Gasteiger partial charge in [-0.1, -0.05) is 36.0 Å². The van der Waals surface area contributed by atoms with Crippen LogP contribution in [0, 0.1) is 12.3 Å². The van der Waals surface area contributed by atoms with Gasteiger partial charge in [0.05, 0.1) is 16.6 Å². The summed E-state index contributed by atoms with van der Waals surface area (Å²) in [6, 6.07) is 1.16. The molecule has 0 spiro atoms. The Kier molecular flexibility index (Phi) is 4.60.